The highest BCUT2D eigenvalue weighted by Gasteiger charge is 2.36. The van der Waals surface area contributed by atoms with Crippen LogP contribution < -0.4 is 5.73 Å². The van der Waals surface area contributed by atoms with Crippen LogP contribution in [0.3, 0.4) is 0 Å². The molecule has 0 saturated carbocycles. The van der Waals surface area contributed by atoms with E-state index in [1.54, 1.807) is 4.90 Å². The minimum atomic E-state index is -0.468. The van der Waals surface area contributed by atoms with Crippen molar-refractivity contribution in [2.24, 2.45) is 11.7 Å². The van der Waals surface area contributed by atoms with Crippen LogP contribution in [0.5, 0.6) is 0 Å². The van der Waals surface area contributed by atoms with Crippen molar-refractivity contribution in [3.05, 3.63) is 0 Å². The Bertz CT molecular complexity index is 268. The number of likely N-dealkylation sites (tertiary alicyclic amines) is 1. The monoisotopic (exact) mass is 243 g/mol. The van der Waals surface area contributed by atoms with E-state index in [1.807, 2.05) is 32.8 Å². The Balaban J connectivity index is 2.69. The molecule has 1 aliphatic heterocycles. The molecule has 3 atom stereocenters. The number of aliphatic hydroxyl groups excluding tert-OH is 1. The number of amides is 1. The predicted octanol–water partition coefficient (Wildman–Crippen LogP) is -0.507. The molecule has 5 heteroatoms. The first-order chi connectivity index (χ1) is 7.82. The van der Waals surface area contributed by atoms with E-state index in [-0.39, 0.29) is 17.9 Å². The molecule has 0 aliphatic carbocycles. The summed E-state index contributed by atoms with van der Waals surface area (Å²) in [7, 11) is 3.94. The molecule has 0 bridgehead atoms. The van der Waals surface area contributed by atoms with E-state index in [2.05, 4.69) is 0 Å². The third-order valence-electron chi connectivity index (χ3n) is 3.25. The van der Waals surface area contributed by atoms with E-state index in [1.165, 1.54) is 0 Å². The fourth-order valence-corrected chi connectivity index (χ4v) is 2.23. The quantitative estimate of drug-likeness (QED) is 0.698. The van der Waals surface area contributed by atoms with Crippen molar-refractivity contribution in [2.75, 3.05) is 27.2 Å². The maximum atomic E-state index is 12.2. The average Bonchev–Trinajstić information content (AvgIpc) is 2.56. The molecule has 3 N–H and O–H groups in total. The van der Waals surface area contributed by atoms with E-state index in [9.17, 15) is 9.90 Å². The van der Waals surface area contributed by atoms with Crippen LogP contribution in [0.15, 0.2) is 0 Å². The molecule has 0 aromatic carbocycles. The van der Waals surface area contributed by atoms with Gasteiger partial charge in [0.2, 0.25) is 5.91 Å². The lowest BCUT2D eigenvalue weighted by molar-refractivity contribution is -0.134. The summed E-state index contributed by atoms with van der Waals surface area (Å²) < 4.78 is 0. The lowest BCUT2D eigenvalue weighted by Crippen LogP contribution is -2.50. The Morgan fingerprint density at radius 3 is 2.59 bits per heavy atom. The first-order valence-corrected chi connectivity index (χ1v) is 6.21. The second-order valence-corrected chi connectivity index (χ2v) is 5.57. The van der Waals surface area contributed by atoms with Gasteiger partial charge in [-0.3, -0.25) is 4.79 Å². The van der Waals surface area contributed by atoms with Gasteiger partial charge in [-0.05, 0) is 26.4 Å². The number of hydrogen-bond acceptors (Lipinski definition) is 4. The van der Waals surface area contributed by atoms with E-state index in [0.29, 0.717) is 13.0 Å². The molecule has 0 spiro atoms. The zero-order valence-electron chi connectivity index (χ0n) is 11.3. The molecule has 0 radical (unpaired) electrons. The number of likely N-dealkylation sites (N-methyl/N-ethyl adjacent to an activating group) is 1. The molecule has 0 aromatic heterocycles. The normalized spacial score (nSPS) is 26.9. The summed E-state index contributed by atoms with van der Waals surface area (Å²) in [5.41, 5.74) is 5.89. The standard InChI is InChI=1S/C12H25N3O2/c1-8(2)11(13)12(17)15-7-10(16)5-9(15)6-14(3)4/h8-11,16H,5-7,13H2,1-4H3/t9?,10?,11-/m1/s1. The lowest BCUT2D eigenvalue weighted by Gasteiger charge is -2.30. The van der Waals surface area contributed by atoms with Gasteiger partial charge in [0.15, 0.2) is 0 Å². The number of nitrogens with zero attached hydrogens (tertiary/aromatic N) is 2. The highest BCUT2D eigenvalue weighted by molar-refractivity contribution is 5.82. The van der Waals surface area contributed by atoms with Gasteiger partial charge < -0.3 is 20.6 Å². The molecule has 2 unspecified atom stereocenters. The van der Waals surface area contributed by atoms with Gasteiger partial charge in [0.25, 0.3) is 0 Å². The largest absolute Gasteiger partial charge is 0.391 e. The van der Waals surface area contributed by atoms with Crippen LogP contribution in [0.2, 0.25) is 0 Å². The molecule has 0 aromatic rings. The molecule has 1 rings (SSSR count). The molecule has 1 fully saturated rings. The van der Waals surface area contributed by atoms with Gasteiger partial charge in [0.05, 0.1) is 12.1 Å². The maximum absolute atomic E-state index is 12.2. The zero-order chi connectivity index (χ0) is 13.2. The third kappa shape index (κ3) is 3.66. The van der Waals surface area contributed by atoms with Gasteiger partial charge in [-0.2, -0.15) is 0 Å². The number of carbonyl (C=O) groups is 1. The average molecular weight is 243 g/mol. The Hall–Kier alpha value is -0.650. The molecule has 17 heavy (non-hydrogen) atoms. The smallest absolute Gasteiger partial charge is 0.240 e. The van der Waals surface area contributed by atoms with E-state index in [4.69, 9.17) is 5.73 Å². The summed E-state index contributed by atoms with van der Waals surface area (Å²) in [6.45, 7) is 5.07. The second-order valence-electron chi connectivity index (χ2n) is 5.57. The molecule has 1 aliphatic rings. The van der Waals surface area contributed by atoms with Crippen molar-refractivity contribution < 1.29 is 9.90 Å². The summed E-state index contributed by atoms with van der Waals surface area (Å²) in [5.74, 6) is 0.0867. The zero-order valence-corrected chi connectivity index (χ0v) is 11.3. The van der Waals surface area contributed by atoms with Gasteiger partial charge in [0, 0.05) is 19.1 Å². The Morgan fingerprint density at radius 1 is 1.53 bits per heavy atom. The fraction of sp³-hybridized carbons (Fsp3) is 0.917. The van der Waals surface area contributed by atoms with Gasteiger partial charge in [-0.15, -0.1) is 0 Å². The summed E-state index contributed by atoms with van der Waals surface area (Å²) >= 11 is 0. The topological polar surface area (TPSA) is 69.8 Å². The first kappa shape index (κ1) is 14.4. The first-order valence-electron chi connectivity index (χ1n) is 6.21. The Labute approximate surface area is 104 Å². The van der Waals surface area contributed by atoms with Crippen molar-refractivity contribution in [1.82, 2.24) is 9.80 Å². The van der Waals surface area contributed by atoms with Gasteiger partial charge in [-0.25, -0.2) is 0 Å². The van der Waals surface area contributed by atoms with Crippen LogP contribution in [0.4, 0.5) is 0 Å². The number of carbonyl (C=O) groups excluding carboxylic acids is 1. The molecule has 1 saturated heterocycles. The van der Waals surface area contributed by atoms with E-state index in [0.717, 1.165) is 6.54 Å². The van der Waals surface area contributed by atoms with Crippen molar-refractivity contribution >= 4 is 5.91 Å². The highest BCUT2D eigenvalue weighted by atomic mass is 16.3. The predicted molar refractivity (Wildman–Crippen MR) is 67.5 cm³/mol. The number of rotatable bonds is 4. The summed E-state index contributed by atoms with van der Waals surface area (Å²) in [4.78, 5) is 16.0. The summed E-state index contributed by atoms with van der Waals surface area (Å²) in [6, 6.07) is -0.387. The maximum Gasteiger partial charge on any atom is 0.240 e. The van der Waals surface area contributed by atoms with Crippen LogP contribution >= 0.6 is 0 Å². The lowest BCUT2D eigenvalue weighted by atomic mass is 10.0. The molecule has 5 nitrogen and oxygen atoms in total. The SMILES string of the molecule is CC(C)[C@@H](N)C(=O)N1CC(O)CC1CN(C)C. The van der Waals surface area contributed by atoms with E-state index >= 15 is 0 Å². The van der Waals surface area contributed by atoms with Crippen LogP contribution in [-0.2, 0) is 4.79 Å². The molecule has 100 valence electrons. The van der Waals surface area contributed by atoms with Crippen LogP contribution in [0, 0.1) is 5.92 Å². The third-order valence-corrected chi connectivity index (χ3v) is 3.25. The number of β-amino-alcohol motifs (C(OH)–C–C–N with tert-alkyl or cyclic N) is 1. The summed E-state index contributed by atoms with van der Waals surface area (Å²) in [6.07, 6.45) is 0.234. The van der Waals surface area contributed by atoms with Crippen molar-refractivity contribution in [2.45, 2.75) is 38.5 Å². The van der Waals surface area contributed by atoms with Crippen LogP contribution in [0.25, 0.3) is 0 Å². The minimum absolute atomic E-state index is 0.0385. The number of aliphatic hydroxyl groups is 1. The highest BCUT2D eigenvalue weighted by Crippen LogP contribution is 2.20. The molecular formula is C12H25N3O2. The van der Waals surface area contributed by atoms with Gasteiger partial charge in [0.1, 0.15) is 0 Å². The molecule has 1 heterocycles. The molecule has 1 amide bonds. The van der Waals surface area contributed by atoms with Gasteiger partial charge in [-0.1, -0.05) is 13.8 Å². The van der Waals surface area contributed by atoms with Gasteiger partial charge >= 0.3 is 0 Å². The Morgan fingerprint density at radius 2 is 2.12 bits per heavy atom. The van der Waals surface area contributed by atoms with Crippen molar-refractivity contribution in [1.29, 1.82) is 0 Å². The summed E-state index contributed by atoms with van der Waals surface area (Å²) in [5, 5.41) is 9.70. The second kappa shape index (κ2) is 5.80. The Kier molecular flexibility index (Phi) is 4.91. The van der Waals surface area contributed by atoms with Crippen molar-refractivity contribution in [3.63, 3.8) is 0 Å². The van der Waals surface area contributed by atoms with Crippen LogP contribution in [-0.4, -0.2) is 66.2 Å². The molecular weight excluding hydrogens is 218 g/mol. The number of hydrogen-bond donors (Lipinski definition) is 2. The minimum Gasteiger partial charge on any atom is -0.391 e. The van der Waals surface area contributed by atoms with E-state index < -0.39 is 12.1 Å². The van der Waals surface area contributed by atoms with Crippen molar-refractivity contribution in [3.8, 4) is 0 Å². The van der Waals surface area contributed by atoms with Crippen LogP contribution in [0.1, 0.15) is 20.3 Å². The fourth-order valence-electron chi connectivity index (χ4n) is 2.23. The number of nitrogens with two attached hydrogens (primary N) is 1.